The van der Waals surface area contributed by atoms with Crippen LogP contribution in [-0.2, 0) is 0 Å². The van der Waals surface area contributed by atoms with Gasteiger partial charge in [-0.1, -0.05) is 36.3 Å². The molecule has 1 aliphatic heterocycles. The Hall–Kier alpha value is -4.41. The number of rotatable bonds is 4. The molecule has 0 aliphatic carbocycles. The number of carbonyl (C=O) groups is 2. The highest BCUT2D eigenvalue weighted by Gasteiger charge is 2.28. The highest BCUT2D eigenvalue weighted by Crippen LogP contribution is 2.21. The van der Waals surface area contributed by atoms with Crippen molar-refractivity contribution >= 4 is 28.4 Å². The maximum atomic E-state index is 13.1. The third-order valence-corrected chi connectivity index (χ3v) is 6.51. The summed E-state index contributed by atoms with van der Waals surface area (Å²) >= 11 is 0. The van der Waals surface area contributed by atoms with Crippen molar-refractivity contribution in [3.8, 4) is 11.8 Å². The topological polar surface area (TPSA) is 81.3 Å². The SMILES string of the molecule is CN(C)C1CCN(C(=O)c2ccc3n[nH]c(C#Cc4ccccc4C(=O)Nc4ccccc4)c3c2)C1. The molecule has 180 valence electrons. The van der Waals surface area contributed by atoms with Gasteiger partial charge in [-0.2, -0.15) is 5.10 Å². The Morgan fingerprint density at radius 3 is 2.58 bits per heavy atom. The molecule has 4 aromatic rings. The summed E-state index contributed by atoms with van der Waals surface area (Å²) in [6.07, 6.45) is 0.973. The summed E-state index contributed by atoms with van der Waals surface area (Å²) in [5, 5.41) is 11.0. The van der Waals surface area contributed by atoms with E-state index >= 15 is 0 Å². The summed E-state index contributed by atoms with van der Waals surface area (Å²) in [5.74, 6) is 6.03. The number of likely N-dealkylation sites (tertiary alicyclic amines) is 1. The lowest BCUT2D eigenvalue weighted by atomic mass is 10.1. The van der Waals surface area contributed by atoms with Crippen molar-refractivity contribution in [3.63, 3.8) is 0 Å². The number of carbonyl (C=O) groups excluding carboxylic acids is 2. The summed E-state index contributed by atoms with van der Waals surface area (Å²) in [4.78, 5) is 30.1. The number of fused-ring (bicyclic) bond motifs is 1. The number of aromatic nitrogens is 2. The van der Waals surface area contributed by atoms with E-state index in [-0.39, 0.29) is 11.8 Å². The monoisotopic (exact) mass is 477 g/mol. The molecule has 1 fully saturated rings. The van der Waals surface area contributed by atoms with Crippen LogP contribution in [0.5, 0.6) is 0 Å². The number of nitrogens with one attached hydrogen (secondary N) is 2. The van der Waals surface area contributed by atoms with Crippen LogP contribution in [0.2, 0.25) is 0 Å². The normalized spacial score (nSPS) is 15.1. The van der Waals surface area contributed by atoms with Gasteiger partial charge in [-0.3, -0.25) is 14.7 Å². The number of benzene rings is 3. The van der Waals surface area contributed by atoms with Gasteiger partial charge in [0.15, 0.2) is 0 Å². The lowest BCUT2D eigenvalue weighted by Gasteiger charge is -2.20. The molecule has 7 heteroatoms. The first-order valence-corrected chi connectivity index (χ1v) is 11.9. The standard InChI is InChI=1S/C29H27N5O2/c1-33(2)23-16-17-34(19-23)29(36)21-13-15-27-25(18-21)26(31-32-27)14-12-20-8-6-7-11-24(20)28(35)30-22-9-4-3-5-10-22/h3-11,13,15,18,23H,16-17,19H2,1-2H3,(H,30,35)(H,31,32). The lowest BCUT2D eigenvalue weighted by molar-refractivity contribution is 0.0783. The van der Waals surface area contributed by atoms with E-state index in [4.69, 9.17) is 0 Å². The summed E-state index contributed by atoms with van der Waals surface area (Å²) in [5.41, 5.74) is 3.76. The van der Waals surface area contributed by atoms with Crippen LogP contribution >= 0.6 is 0 Å². The van der Waals surface area contributed by atoms with Gasteiger partial charge in [0.2, 0.25) is 0 Å². The minimum Gasteiger partial charge on any atom is -0.337 e. The van der Waals surface area contributed by atoms with Gasteiger partial charge in [0.05, 0.1) is 11.1 Å². The van der Waals surface area contributed by atoms with Crippen molar-refractivity contribution in [2.45, 2.75) is 12.5 Å². The van der Waals surface area contributed by atoms with Gasteiger partial charge in [-0.15, -0.1) is 0 Å². The van der Waals surface area contributed by atoms with E-state index in [0.29, 0.717) is 28.4 Å². The molecular formula is C29H27N5O2. The van der Waals surface area contributed by atoms with Crippen LogP contribution in [0.25, 0.3) is 10.9 Å². The van der Waals surface area contributed by atoms with Crippen LogP contribution in [-0.4, -0.2) is 65.0 Å². The van der Waals surface area contributed by atoms with Crippen molar-refractivity contribution < 1.29 is 9.59 Å². The Balaban J connectivity index is 1.40. The van der Waals surface area contributed by atoms with Crippen molar-refractivity contribution in [2.24, 2.45) is 0 Å². The number of para-hydroxylation sites is 1. The first-order chi connectivity index (χ1) is 17.5. The maximum Gasteiger partial charge on any atom is 0.256 e. The molecule has 3 aromatic carbocycles. The summed E-state index contributed by atoms with van der Waals surface area (Å²) < 4.78 is 0. The van der Waals surface area contributed by atoms with E-state index in [1.54, 1.807) is 6.07 Å². The molecule has 2 heterocycles. The molecule has 1 saturated heterocycles. The number of nitrogens with zero attached hydrogens (tertiary/aromatic N) is 3. The van der Waals surface area contributed by atoms with Crippen LogP contribution < -0.4 is 5.32 Å². The zero-order chi connectivity index (χ0) is 25.1. The van der Waals surface area contributed by atoms with E-state index < -0.39 is 0 Å². The second kappa shape index (κ2) is 10.1. The smallest absolute Gasteiger partial charge is 0.256 e. The van der Waals surface area contributed by atoms with E-state index in [1.807, 2.05) is 85.7 Å². The van der Waals surface area contributed by atoms with Gasteiger partial charge in [0.25, 0.3) is 11.8 Å². The van der Waals surface area contributed by atoms with Gasteiger partial charge >= 0.3 is 0 Å². The molecule has 2 amide bonds. The minimum absolute atomic E-state index is 0.0179. The second-order valence-corrected chi connectivity index (χ2v) is 9.10. The Morgan fingerprint density at radius 1 is 1.03 bits per heavy atom. The number of hydrogen-bond acceptors (Lipinski definition) is 4. The molecule has 1 aromatic heterocycles. The Labute approximate surface area is 210 Å². The Kier molecular flexibility index (Phi) is 6.52. The molecular weight excluding hydrogens is 450 g/mol. The molecule has 2 N–H and O–H groups in total. The second-order valence-electron chi connectivity index (χ2n) is 9.10. The van der Waals surface area contributed by atoms with Gasteiger partial charge in [0, 0.05) is 41.3 Å². The van der Waals surface area contributed by atoms with Crippen molar-refractivity contribution in [2.75, 3.05) is 32.5 Å². The molecule has 7 nitrogen and oxygen atoms in total. The first-order valence-electron chi connectivity index (χ1n) is 11.9. The van der Waals surface area contributed by atoms with Crippen LogP contribution in [0.15, 0.2) is 72.8 Å². The number of likely N-dealkylation sites (N-methyl/N-ethyl adjacent to an activating group) is 1. The first kappa shape index (κ1) is 23.3. The van der Waals surface area contributed by atoms with Gasteiger partial charge in [0.1, 0.15) is 5.69 Å². The number of amides is 2. The average molecular weight is 478 g/mol. The summed E-state index contributed by atoms with van der Waals surface area (Å²) in [6, 6.07) is 22.4. The molecule has 0 saturated carbocycles. The molecule has 1 unspecified atom stereocenters. The third-order valence-electron chi connectivity index (χ3n) is 6.51. The zero-order valence-electron chi connectivity index (χ0n) is 20.3. The van der Waals surface area contributed by atoms with Crippen molar-refractivity contribution in [1.82, 2.24) is 20.0 Å². The molecule has 1 aliphatic rings. The molecule has 0 radical (unpaired) electrons. The van der Waals surface area contributed by atoms with Gasteiger partial charge < -0.3 is 15.1 Å². The Morgan fingerprint density at radius 2 is 1.81 bits per heavy atom. The highest BCUT2D eigenvalue weighted by molar-refractivity contribution is 6.06. The number of hydrogen-bond donors (Lipinski definition) is 2. The fourth-order valence-corrected chi connectivity index (χ4v) is 4.41. The maximum absolute atomic E-state index is 13.1. The lowest BCUT2D eigenvalue weighted by Crippen LogP contribution is -2.34. The van der Waals surface area contributed by atoms with Crippen LogP contribution in [0, 0.1) is 11.8 Å². The summed E-state index contributed by atoms with van der Waals surface area (Å²) in [6.45, 7) is 1.48. The molecule has 36 heavy (non-hydrogen) atoms. The van der Waals surface area contributed by atoms with Crippen LogP contribution in [0.3, 0.4) is 0 Å². The van der Waals surface area contributed by atoms with E-state index in [2.05, 4.69) is 32.3 Å². The number of aromatic amines is 1. The molecule has 0 bridgehead atoms. The number of H-pyrrole nitrogens is 1. The summed E-state index contributed by atoms with van der Waals surface area (Å²) in [7, 11) is 4.09. The zero-order valence-corrected chi connectivity index (χ0v) is 20.3. The van der Waals surface area contributed by atoms with Gasteiger partial charge in [-0.05, 0) is 68.9 Å². The molecule has 5 rings (SSSR count). The molecule has 1 atom stereocenters. The number of anilines is 1. The average Bonchev–Trinajstić information content (AvgIpc) is 3.55. The van der Waals surface area contributed by atoms with E-state index in [0.717, 1.165) is 36.1 Å². The predicted octanol–water partition coefficient (Wildman–Crippen LogP) is 3.99. The van der Waals surface area contributed by atoms with Crippen LogP contribution in [0.1, 0.15) is 38.4 Å². The fraction of sp³-hybridized carbons (Fsp3) is 0.207. The van der Waals surface area contributed by atoms with E-state index in [9.17, 15) is 9.59 Å². The fourth-order valence-electron chi connectivity index (χ4n) is 4.41. The van der Waals surface area contributed by atoms with Crippen molar-refractivity contribution in [1.29, 1.82) is 0 Å². The van der Waals surface area contributed by atoms with E-state index in [1.165, 1.54) is 0 Å². The Bertz CT molecular complexity index is 1480. The van der Waals surface area contributed by atoms with Gasteiger partial charge in [-0.25, -0.2) is 0 Å². The van der Waals surface area contributed by atoms with Crippen molar-refractivity contribution in [3.05, 3.63) is 95.2 Å². The molecule has 0 spiro atoms. The third kappa shape index (κ3) is 4.85. The quantitative estimate of drug-likeness (QED) is 0.436. The largest absolute Gasteiger partial charge is 0.337 e. The predicted molar refractivity (Wildman–Crippen MR) is 141 cm³/mol. The van der Waals surface area contributed by atoms with Crippen LogP contribution in [0.4, 0.5) is 5.69 Å². The minimum atomic E-state index is -0.227. The highest BCUT2D eigenvalue weighted by atomic mass is 16.2.